The van der Waals surface area contributed by atoms with E-state index >= 15 is 0 Å². The number of hydrogen-bond acceptors (Lipinski definition) is 4. The minimum atomic E-state index is -0.564. The maximum atomic E-state index is 10.5. The molecule has 5 nitrogen and oxygen atoms in total. The van der Waals surface area contributed by atoms with Crippen LogP contribution in [-0.4, -0.2) is 24.9 Å². The first kappa shape index (κ1) is 12.4. The molecule has 0 heterocycles. The third kappa shape index (κ3) is 3.86. The average molecular weight is 225 g/mol. The second-order valence-corrected chi connectivity index (χ2v) is 3.53. The van der Waals surface area contributed by atoms with Gasteiger partial charge < -0.3 is 9.47 Å². The second-order valence-electron chi connectivity index (χ2n) is 3.53. The van der Waals surface area contributed by atoms with Crippen LogP contribution in [0.3, 0.4) is 0 Å². The molecule has 0 aliphatic carbocycles. The molecule has 0 aliphatic heterocycles. The summed E-state index contributed by atoms with van der Waals surface area (Å²) in [4.78, 5) is 10.2. The lowest BCUT2D eigenvalue weighted by atomic mass is 10.1. The molecule has 1 rings (SSSR count). The predicted molar refractivity (Wildman–Crippen MR) is 59.1 cm³/mol. The van der Waals surface area contributed by atoms with E-state index in [4.69, 9.17) is 9.47 Å². The number of hydrogen-bond donors (Lipinski definition) is 0. The summed E-state index contributed by atoms with van der Waals surface area (Å²) in [5.41, 5.74) is 0.925. The van der Waals surface area contributed by atoms with Gasteiger partial charge in [0.05, 0.1) is 0 Å². The number of methoxy groups -OCH3 is 1. The van der Waals surface area contributed by atoms with E-state index in [9.17, 15) is 10.1 Å². The molecule has 88 valence electrons. The monoisotopic (exact) mass is 225 g/mol. The van der Waals surface area contributed by atoms with E-state index in [1.165, 1.54) is 0 Å². The van der Waals surface area contributed by atoms with Crippen LogP contribution in [0.4, 0.5) is 0 Å². The Labute approximate surface area is 94.1 Å². The summed E-state index contributed by atoms with van der Waals surface area (Å²) in [6.07, 6.45) is 0.428. The molecule has 0 fully saturated rings. The van der Waals surface area contributed by atoms with Crippen molar-refractivity contribution in [2.75, 3.05) is 13.9 Å². The molecule has 1 aromatic carbocycles. The van der Waals surface area contributed by atoms with Crippen LogP contribution in [0.1, 0.15) is 12.5 Å². The smallest absolute Gasteiger partial charge is 0.214 e. The highest BCUT2D eigenvalue weighted by Gasteiger charge is 2.13. The summed E-state index contributed by atoms with van der Waals surface area (Å²) < 4.78 is 9.97. The van der Waals surface area contributed by atoms with Crippen LogP contribution >= 0.6 is 0 Å². The highest BCUT2D eigenvalue weighted by atomic mass is 16.7. The van der Waals surface area contributed by atoms with Crippen molar-refractivity contribution in [1.82, 2.24) is 0 Å². The van der Waals surface area contributed by atoms with E-state index in [1.54, 1.807) is 26.2 Å². The van der Waals surface area contributed by atoms with Gasteiger partial charge in [0.15, 0.2) is 6.79 Å². The van der Waals surface area contributed by atoms with Gasteiger partial charge in [-0.1, -0.05) is 12.1 Å². The molecule has 0 N–H and O–H groups in total. The quantitative estimate of drug-likeness (QED) is 0.421. The summed E-state index contributed by atoms with van der Waals surface area (Å²) in [7, 11) is 1.55. The molecule has 5 heteroatoms. The Bertz CT molecular complexity index is 336. The molecular weight excluding hydrogens is 210 g/mol. The Morgan fingerprint density at radius 3 is 2.50 bits per heavy atom. The van der Waals surface area contributed by atoms with Crippen LogP contribution in [0.15, 0.2) is 24.3 Å². The largest absolute Gasteiger partial charge is 0.468 e. The molecule has 0 aromatic heterocycles. The molecule has 0 saturated carbocycles. The van der Waals surface area contributed by atoms with Gasteiger partial charge in [-0.3, -0.25) is 10.1 Å². The number of benzene rings is 1. The molecule has 1 aromatic rings. The average Bonchev–Trinajstić information content (AvgIpc) is 2.28. The molecule has 0 bridgehead atoms. The summed E-state index contributed by atoms with van der Waals surface area (Å²) in [6.45, 7) is 1.79. The van der Waals surface area contributed by atoms with Gasteiger partial charge in [0.2, 0.25) is 6.04 Å². The normalized spacial score (nSPS) is 12.1. The van der Waals surface area contributed by atoms with Crippen molar-refractivity contribution < 1.29 is 14.4 Å². The lowest BCUT2D eigenvalue weighted by Gasteiger charge is -2.06. The zero-order valence-corrected chi connectivity index (χ0v) is 9.38. The van der Waals surface area contributed by atoms with Gasteiger partial charge in [0.1, 0.15) is 5.75 Å². The van der Waals surface area contributed by atoms with Crippen molar-refractivity contribution in [1.29, 1.82) is 0 Å². The summed E-state index contributed by atoms with van der Waals surface area (Å²) in [5, 5.41) is 10.5. The Morgan fingerprint density at radius 1 is 1.38 bits per heavy atom. The van der Waals surface area contributed by atoms with E-state index < -0.39 is 6.04 Å². The Morgan fingerprint density at radius 2 is 2.00 bits per heavy atom. The van der Waals surface area contributed by atoms with Crippen molar-refractivity contribution in [2.45, 2.75) is 19.4 Å². The van der Waals surface area contributed by atoms with E-state index in [0.717, 1.165) is 5.56 Å². The van der Waals surface area contributed by atoms with Crippen LogP contribution in [-0.2, 0) is 11.2 Å². The molecule has 0 aliphatic rings. The minimum absolute atomic E-state index is 0.199. The maximum absolute atomic E-state index is 10.5. The van der Waals surface area contributed by atoms with Crippen molar-refractivity contribution in [3.05, 3.63) is 39.9 Å². The van der Waals surface area contributed by atoms with E-state index in [0.29, 0.717) is 12.2 Å². The number of ether oxygens (including phenoxy) is 2. The molecule has 0 radical (unpaired) electrons. The number of nitro groups is 1. The van der Waals surface area contributed by atoms with Gasteiger partial charge in [-0.2, -0.15) is 0 Å². The van der Waals surface area contributed by atoms with Gasteiger partial charge in [0, 0.05) is 25.4 Å². The lowest BCUT2D eigenvalue weighted by Crippen LogP contribution is -2.17. The number of nitrogens with zero attached hydrogens (tertiary/aromatic N) is 1. The van der Waals surface area contributed by atoms with E-state index in [-0.39, 0.29) is 11.7 Å². The number of rotatable bonds is 6. The van der Waals surface area contributed by atoms with Gasteiger partial charge in [-0.05, 0) is 17.7 Å². The summed E-state index contributed by atoms with van der Waals surface area (Å²) >= 11 is 0. The Balaban J connectivity index is 2.54. The fraction of sp³-hybridized carbons (Fsp3) is 0.455. The van der Waals surface area contributed by atoms with Gasteiger partial charge in [0.25, 0.3) is 0 Å². The van der Waals surface area contributed by atoms with Crippen LogP contribution in [0, 0.1) is 10.1 Å². The van der Waals surface area contributed by atoms with Crippen LogP contribution < -0.4 is 4.74 Å². The zero-order chi connectivity index (χ0) is 12.0. The van der Waals surface area contributed by atoms with Crippen molar-refractivity contribution >= 4 is 0 Å². The fourth-order valence-electron chi connectivity index (χ4n) is 1.26. The van der Waals surface area contributed by atoms with E-state index in [1.807, 2.05) is 12.1 Å². The molecule has 0 amide bonds. The van der Waals surface area contributed by atoms with E-state index in [2.05, 4.69) is 0 Å². The van der Waals surface area contributed by atoms with Crippen LogP contribution in [0.2, 0.25) is 0 Å². The van der Waals surface area contributed by atoms with Gasteiger partial charge >= 0.3 is 0 Å². The molecular formula is C11H15NO4. The topological polar surface area (TPSA) is 61.6 Å². The fourth-order valence-corrected chi connectivity index (χ4v) is 1.26. The second kappa shape index (κ2) is 6.07. The van der Waals surface area contributed by atoms with Crippen molar-refractivity contribution in [3.63, 3.8) is 0 Å². The van der Waals surface area contributed by atoms with Gasteiger partial charge in [-0.15, -0.1) is 0 Å². The lowest BCUT2D eigenvalue weighted by molar-refractivity contribution is -0.517. The highest BCUT2D eigenvalue weighted by molar-refractivity contribution is 5.27. The van der Waals surface area contributed by atoms with Crippen LogP contribution in [0.5, 0.6) is 5.75 Å². The van der Waals surface area contributed by atoms with Gasteiger partial charge in [-0.25, -0.2) is 0 Å². The predicted octanol–water partition coefficient (Wildman–Crippen LogP) is 1.88. The first-order valence-corrected chi connectivity index (χ1v) is 4.97. The Hall–Kier alpha value is -1.62. The molecule has 16 heavy (non-hydrogen) atoms. The minimum Gasteiger partial charge on any atom is -0.468 e. The van der Waals surface area contributed by atoms with Crippen molar-refractivity contribution in [3.8, 4) is 5.75 Å². The Kier molecular flexibility index (Phi) is 4.72. The standard InChI is InChI=1S/C11H15NO4/c1-9(12(13)14)7-10-3-5-11(6-4-10)16-8-15-2/h3-6,9H,7-8H2,1-2H3/t9-/m0/s1. The first-order valence-electron chi connectivity index (χ1n) is 4.97. The molecule has 0 spiro atoms. The highest BCUT2D eigenvalue weighted by Crippen LogP contribution is 2.13. The van der Waals surface area contributed by atoms with Crippen molar-refractivity contribution in [2.24, 2.45) is 0 Å². The summed E-state index contributed by atoms with van der Waals surface area (Å²) in [5.74, 6) is 0.694. The third-order valence-corrected chi connectivity index (χ3v) is 2.16. The maximum Gasteiger partial charge on any atom is 0.214 e. The zero-order valence-electron chi connectivity index (χ0n) is 9.38. The first-order chi connectivity index (χ1) is 7.63. The molecule has 0 unspecified atom stereocenters. The van der Waals surface area contributed by atoms with Crippen LogP contribution in [0.25, 0.3) is 0 Å². The third-order valence-electron chi connectivity index (χ3n) is 2.16. The molecule has 0 saturated heterocycles. The SMILES string of the molecule is COCOc1ccc(C[C@H](C)[N+](=O)[O-])cc1. The molecule has 1 atom stereocenters. The summed E-state index contributed by atoms with van der Waals surface area (Å²) in [6, 6.07) is 6.64.